The maximum absolute atomic E-state index is 13.0. The first-order valence-corrected chi connectivity index (χ1v) is 6.16. The third kappa shape index (κ3) is 2.44. The molecular weight excluding hydrogens is 241 g/mol. The van der Waals surface area contributed by atoms with Crippen molar-refractivity contribution < 1.29 is 13.9 Å². The van der Waals surface area contributed by atoms with E-state index in [1.165, 1.54) is 23.5 Å². The van der Waals surface area contributed by atoms with Gasteiger partial charge in [0.1, 0.15) is 16.7 Å². The van der Waals surface area contributed by atoms with E-state index >= 15 is 0 Å². The predicted octanol–water partition coefficient (Wildman–Crippen LogP) is 3.10. The van der Waals surface area contributed by atoms with Crippen molar-refractivity contribution in [1.82, 2.24) is 4.98 Å². The van der Waals surface area contributed by atoms with Crippen LogP contribution in [-0.4, -0.2) is 17.6 Å². The highest BCUT2D eigenvalue weighted by Gasteiger charge is 2.20. The van der Waals surface area contributed by atoms with E-state index in [4.69, 9.17) is 4.74 Å². The molecule has 0 fully saturated rings. The number of benzene rings is 1. The lowest BCUT2D eigenvalue weighted by atomic mass is 10.2. The summed E-state index contributed by atoms with van der Waals surface area (Å²) < 4.78 is 18.7. The molecule has 1 atom stereocenters. The average Bonchev–Trinajstić information content (AvgIpc) is 2.71. The maximum atomic E-state index is 13.0. The van der Waals surface area contributed by atoms with E-state index in [1.54, 1.807) is 19.9 Å². The number of nitrogens with zero attached hydrogens (tertiary/aromatic N) is 1. The Morgan fingerprint density at radius 2 is 2.35 bits per heavy atom. The number of halogens is 1. The largest absolute Gasteiger partial charge is 0.465 e. The molecule has 0 saturated carbocycles. The second-order valence-electron chi connectivity index (χ2n) is 3.64. The minimum absolute atomic E-state index is 0.295. The van der Waals surface area contributed by atoms with Gasteiger partial charge in [0, 0.05) is 0 Å². The summed E-state index contributed by atoms with van der Waals surface area (Å²) >= 11 is 1.32. The molecule has 17 heavy (non-hydrogen) atoms. The van der Waals surface area contributed by atoms with Gasteiger partial charge in [0.2, 0.25) is 0 Å². The fourth-order valence-electron chi connectivity index (χ4n) is 1.47. The molecular formula is C12H12FNO2S. The number of hydrogen-bond acceptors (Lipinski definition) is 4. The number of hydrogen-bond donors (Lipinski definition) is 0. The van der Waals surface area contributed by atoms with Gasteiger partial charge >= 0.3 is 5.97 Å². The van der Waals surface area contributed by atoms with Crippen LogP contribution >= 0.6 is 11.3 Å². The van der Waals surface area contributed by atoms with E-state index in [0.717, 1.165) is 4.70 Å². The van der Waals surface area contributed by atoms with Gasteiger partial charge in [-0.25, -0.2) is 9.37 Å². The fraction of sp³-hybridized carbons (Fsp3) is 0.333. The van der Waals surface area contributed by atoms with Gasteiger partial charge in [-0.1, -0.05) is 0 Å². The van der Waals surface area contributed by atoms with E-state index < -0.39 is 5.92 Å². The quantitative estimate of drug-likeness (QED) is 0.789. The Hall–Kier alpha value is -1.49. The molecule has 0 spiro atoms. The molecule has 90 valence electrons. The normalized spacial score (nSPS) is 12.6. The maximum Gasteiger partial charge on any atom is 0.315 e. The van der Waals surface area contributed by atoms with Crippen molar-refractivity contribution in [3.8, 4) is 0 Å². The Labute approximate surface area is 102 Å². The molecule has 0 radical (unpaired) electrons. The molecule has 0 aliphatic carbocycles. The number of ether oxygens (including phenoxy) is 1. The van der Waals surface area contributed by atoms with Crippen LogP contribution in [0.2, 0.25) is 0 Å². The van der Waals surface area contributed by atoms with Gasteiger partial charge in [0.15, 0.2) is 0 Å². The smallest absolute Gasteiger partial charge is 0.315 e. The van der Waals surface area contributed by atoms with Gasteiger partial charge in [-0.05, 0) is 32.0 Å². The minimum atomic E-state index is -0.407. The number of thiazole rings is 1. The number of aromatic nitrogens is 1. The summed E-state index contributed by atoms with van der Waals surface area (Å²) in [5.74, 6) is -1.00. The van der Waals surface area contributed by atoms with Crippen molar-refractivity contribution in [2.45, 2.75) is 19.8 Å². The topological polar surface area (TPSA) is 39.2 Å². The molecule has 1 aromatic carbocycles. The summed E-state index contributed by atoms with van der Waals surface area (Å²) in [7, 11) is 0. The van der Waals surface area contributed by atoms with Gasteiger partial charge < -0.3 is 4.74 Å². The molecule has 2 rings (SSSR count). The lowest BCUT2D eigenvalue weighted by Crippen LogP contribution is -2.12. The van der Waals surface area contributed by atoms with Gasteiger partial charge in [0.25, 0.3) is 0 Å². The number of esters is 1. The lowest BCUT2D eigenvalue weighted by Gasteiger charge is -2.06. The molecule has 0 amide bonds. The zero-order valence-electron chi connectivity index (χ0n) is 9.57. The van der Waals surface area contributed by atoms with Crippen molar-refractivity contribution in [2.24, 2.45) is 0 Å². The highest BCUT2D eigenvalue weighted by atomic mass is 32.1. The van der Waals surface area contributed by atoms with Crippen LogP contribution in [-0.2, 0) is 9.53 Å². The Kier molecular flexibility index (Phi) is 3.38. The second-order valence-corrected chi connectivity index (χ2v) is 4.70. The van der Waals surface area contributed by atoms with Crippen LogP contribution in [0.4, 0.5) is 4.39 Å². The summed E-state index contributed by atoms with van der Waals surface area (Å²) in [5, 5.41) is 0.657. The summed E-state index contributed by atoms with van der Waals surface area (Å²) in [6.45, 7) is 3.85. The van der Waals surface area contributed by atoms with Gasteiger partial charge in [-0.3, -0.25) is 4.79 Å². The monoisotopic (exact) mass is 253 g/mol. The van der Waals surface area contributed by atoms with Gasteiger partial charge in [-0.15, -0.1) is 11.3 Å². The van der Waals surface area contributed by atoms with E-state index in [1.807, 2.05) is 0 Å². The first kappa shape index (κ1) is 12.0. The standard InChI is InChI=1S/C12H12FNO2S/c1-3-16-12(15)7(2)11-14-9-5-4-8(13)6-10(9)17-11/h4-7H,3H2,1-2H3. The molecule has 3 nitrogen and oxygen atoms in total. The first-order chi connectivity index (χ1) is 8.11. The molecule has 1 unspecified atom stereocenters. The lowest BCUT2D eigenvalue weighted by molar-refractivity contribution is -0.144. The number of carbonyl (C=O) groups is 1. The van der Waals surface area contributed by atoms with Crippen LogP contribution in [0.5, 0.6) is 0 Å². The van der Waals surface area contributed by atoms with Crippen molar-refractivity contribution in [3.05, 3.63) is 29.0 Å². The molecule has 0 aliphatic heterocycles. The molecule has 2 aromatic rings. The van der Waals surface area contributed by atoms with Crippen molar-refractivity contribution in [2.75, 3.05) is 6.61 Å². The second kappa shape index (κ2) is 4.79. The third-order valence-corrected chi connectivity index (χ3v) is 3.58. The molecule has 0 aliphatic rings. The van der Waals surface area contributed by atoms with Crippen LogP contribution in [0.25, 0.3) is 10.2 Å². The van der Waals surface area contributed by atoms with E-state index in [0.29, 0.717) is 17.1 Å². The van der Waals surface area contributed by atoms with Crippen molar-refractivity contribution in [1.29, 1.82) is 0 Å². The highest BCUT2D eigenvalue weighted by Crippen LogP contribution is 2.28. The highest BCUT2D eigenvalue weighted by molar-refractivity contribution is 7.18. The minimum Gasteiger partial charge on any atom is -0.465 e. The van der Waals surface area contributed by atoms with Crippen LogP contribution < -0.4 is 0 Å². The number of carbonyl (C=O) groups excluding carboxylic acids is 1. The van der Waals surface area contributed by atoms with Gasteiger partial charge in [-0.2, -0.15) is 0 Å². The van der Waals surface area contributed by atoms with Crippen molar-refractivity contribution in [3.63, 3.8) is 0 Å². The third-order valence-electron chi connectivity index (χ3n) is 2.38. The zero-order chi connectivity index (χ0) is 12.4. The van der Waals surface area contributed by atoms with Crippen LogP contribution in [0.3, 0.4) is 0 Å². The van der Waals surface area contributed by atoms with E-state index in [2.05, 4.69) is 4.98 Å². The zero-order valence-corrected chi connectivity index (χ0v) is 10.4. The summed E-state index contributed by atoms with van der Waals surface area (Å²) in [4.78, 5) is 15.9. The van der Waals surface area contributed by atoms with Crippen molar-refractivity contribution >= 4 is 27.5 Å². The van der Waals surface area contributed by atoms with E-state index in [9.17, 15) is 9.18 Å². The summed E-state index contributed by atoms with van der Waals surface area (Å²) in [6.07, 6.45) is 0. The predicted molar refractivity (Wildman–Crippen MR) is 64.6 cm³/mol. The molecule has 0 bridgehead atoms. The van der Waals surface area contributed by atoms with Gasteiger partial charge in [0.05, 0.1) is 16.8 Å². The number of fused-ring (bicyclic) bond motifs is 1. The van der Waals surface area contributed by atoms with E-state index in [-0.39, 0.29) is 11.8 Å². The Bertz CT molecular complexity index is 552. The van der Waals surface area contributed by atoms with Crippen LogP contribution in [0.1, 0.15) is 24.8 Å². The van der Waals surface area contributed by atoms with Crippen LogP contribution in [0.15, 0.2) is 18.2 Å². The molecule has 0 N–H and O–H groups in total. The average molecular weight is 253 g/mol. The Morgan fingerprint density at radius 1 is 1.59 bits per heavy atom. The molecule has 1 aromatic heterocycles. The fourth-order valence-corrected chi connectivity index (χ4v) is 2.50. The Morgan fingerprint density at radius 3 is 3.06 bits per heavy atom. The SMILES string of the molecule is CCOC(=O)C(C)c1nc2ccc(F)cc2s1. The van der Waals surface area contributed by atoms with Crippen LogP contribution in [0, 0.1) is 5.82 Å². The first-order valence-electron chi connectivity index (χ1n) is 5.34. The summed E-state index contributed by atoms with van der Waals surface area (Å²) in [5.41, 5.74) is 0.711. The Balaban J connectivity index is 2.33. The number of rotatable bonds is 3. The molecule has 0 saturated heterocycles. The summed E-state index contributed by atoms with van der Waals surface area (Å²) in [6, 6.07) is 4.40. The molecule has 1 heterocycles. The molecule has 5 heteroatoms.